The largest absolute Gasteiger partial charge is 0.481 e. The molecule has 0 bridgehead atoms. The molecular formula is C49H83N5O15. The highest BCUT2D eigenvalue weighted by atomic mass is 16.5. The lowest BCUT2D eigenvalue weighted by Gasteiger charge is -2.14. The van der Waals surface area contributed by atoms with E-state index in [1.165, 1.54) is 51.3 Å². The number of H-pyrrole nitrogens is 1. The topological polar surface area (TPSA) is 299 Å². The fourth-order valence-corrected chi connectivity index (χ4v) is 7.27. The zero-order valence-electron chi connectivity index (χ0n) is 41.0. The first-order valence-corrected chi connectivity index (χ1v) is 25.2. The molecule has 0 radical (unpaired) electrons. The smallest absolute Gasteiger partial charge is 0.326 e. The van der Waals surface area contributed by atoms with Gasteiger partial charge >= 0.3 is 17.9 Å². The second-order valence-corrected chi connectivity index (χ2v) is 17.4. The van der Waals surface area contributed by atoms with Crippen molar-refractivity contribution in [1.29, 1.82) is 0 Å². The molecule has 394 valence electrons. The molecule has 0 unspecified atom stereocenters. The summed E-state index contributed by atoms with van der Waals surface area (Å²) in [6.45, 7) is 1.59. The summed E-state index contributed by atoms with van der Waals surface area (Å²) in [5.74, 6) is -4.84. The Morgan fingerprint density at radius 3 is 1.61 bits per heavy atom. The molecular weight excluding hydrogens is 899 g/mol. The summed E-state index contributed by atoms with van der Waals surface area (Å²) in [6.07, 6.45) is 21.6. The number of ether oxygens (including phenoxy) is 4. The molecule has 69 heavy (non-hydrogen) atoms. The van der Waals surface area contributed by atoms with Crippen LogP contribution in [0.25, 0.3) is 0 Å². The Bertz CT molecular complexity index is 1560. The Morgan fingerprint density at radius 1 is 0.507 bits per heavy atom. The first-order chi connectivity index (χ1) is 33.4. The number of carboxylic acids is 3. The molecule has 2 atom stereocenters. The van der Waals surface area contributed by atoms with Crippen LogP contribution in [0.1, 0.15) is 166 Å². The highest BCUT2D eigenvalue weighted by molar-refractivity contribution is 5.85. The van der Waals surface area contributed by atoms with Crippen LogP contribution in [0.5, 0.6) is 0 Å². The third-order valence-electron chi connectivity index (χ3n) is 11.3. The van der Waals surface area contributed by atoms with Gasteiger partial charge in [-0.3, -0.25) is 33.6 Å². The molecule has 1 aromatic rings. The Kier molecular flexibility index (Phi) is 39.0. The molecule has 0 aliphatic heterocycles. The minimum Gasteiger partial charge on any atom is -0.481 e. The number of unbranched alkanes of at least 4 members (excludes halogenated alkanes) is 14. The van der Waals surface area contributed by atoms with Crippen molar-refractivity contribution in [3.05, 3.63) is 18.2 Å². The summed E-state index contributed by atoms with van der Waals surface area (Å²) in [4.78, 5) is 102. The molecule has 20 heteroatoms. The van der Waals surface area contributed by atoms with E-state index in [1.54, 1.807) is 6.20 Å². The molecule has 3 amide bonds. The number of rotatable bonds is 50. The maximum atomic E-state index is 12.4. The van der Waals surface area contributed by atoms with Gasteiger partial charge in [0.25, 0.3) is 0 Å². The van der Waals surface area contributed by atoms with Crippen molar-refractivity contribution in [3.8, 4) is 0 Å². The van der Waals surface area contributed by atoms with E-state index >= 15 is 0 Å². The third-order valence-corrected chi connectivity index (χ3v) is 11.3. The van der Waals surface area contributed by atoms with Gasteiger partial charge in [-0.15, -0.1) is 0 Å². The van der Waals surface area contributed by atoms with E-state index in [2.05, 4.69) is 25.9 Å². The molecule has 0 fully saturated rings. The van der Waals surface area contributed by atoms with E-state index in [4.69, 9.17) is 24.1 Å². The first kappa shape index (κ1) is 62.2. The molecule has 0 aliphatic carbocycles. The zero-order valence-corrected chi connectivity index (χ0v) is 41.0. The van der Waals surface area contributed by atoms with Gasteiger partial charge in [-0.25, -0.2) is 9.78 Å². The number of aryl methyl sites for hydroxylation is 1. The normalized spacial score (nSPS) is 12.0. The number of amides is 3. The number of aliphatic carboxylic acids is 3. The van der Waals surface area contributed by atoms with Gasteiger partial charge in [0.05, 0.1) is 45.3 Å². The van der Waals surface area contributed by atoms with Crippen molar-refractivity contribution in [3.63, 3.8) is 0 Å². The number of carbonyl (C=O) groups excluding carboxylic acids is 5. The van der Waals surface area contributed by atoms with Gasteiger partial charge in [0, 0.05) is 70.1 Å². The highest BCUT2D eigenvalue weighted by Gasteiger charge is 2.22. The lowest BCUT2D eigenvalue weighted by Crippen LogP contribution is -2.41. The van der Waals surface area contributed by atoms with Crippen LogP contribution in [0, 0.1) is 5.92 Å². The Hall–Kier alpha value is -4.79. The van der Waals surface area contributed by atoms with Gasteiger partial charge in [0.15, 0.2) is 0 Å². The first-order valence-electron chi connectivity index (χ1n) is 25.2. The average Bonchev–Trinajstić information content (AvgIpc) is 3.84. The van der Waals surface area contributed by atoms with Crippen molar-refractivity contribution in [2.45, 2.75) is 173 Å². The molecule has 0 spiro atoms. The van der Waals surface area contributed by atoms with E-state index in [0.717, 1.165) is 44.2 Å². The number of nitrogens with zero attached hydrogens (tertiary/aromatic N) is 1. The number of Topliss-reactive ketones (excluding diaryl/α,β-unsaturated/α-hetero) is 2. The molecule has 20 nitrogen and oxygen atoms in total. The van der Waals surface area contributed by atoms with Gasteiger partial charge in [-0.05, 0) is 44.9 Å². The molecule has 1 heterocycles. The Balaban J connectivity index is 1.92. The second kappa shape index (κ2) is 43.2. The second-order valence-electron chi connectivity index (χ2n) is 17.4. The summed E-state index contributed by atoms with van der Waals surface area (Å²) < 4.78 is 21.5. The summed E-state index contributed by atoms with van der Waals surface area (Å²) in [7, 11) is 0. The van der Waals surface area contributed by atoms with E-state index < -0.39 is 29.9 Å². The number of carbonyl (C=O) groups is 8. The standard InChI is InChI=1S/C49H83N5O15/c55-41(24-25-43(49(64)65)54-44(57)20-13-11-9-7-5-3-1-2-4-6-8-10-12-14-21-47(60)61)19-17-28-66-30-32-68-37-46(59)52-27-29-67-31-33-69-36-45(58)51-26-16-15-18-39(48(62)63)34-42(56)23-22-40-35-50-38-53-40/h35,38-39,43H,1-34,36-37H2,(H,50,53)(H,51,58)(H,52,59)(H,54,57)(H,60,61)(H,62,63)(H,64,65)/t39-,43+/m1/s1. The third kappa shape index (κ3) is 39.7. The van der Waals surface area contributed by atoms with Gasteiger partial charge in [-0.1, -0.05) is 83.5 Å². The monoisotopic (exact) mass is 982 g/mol. The molecule has 0 aliphatic rings. The quantitative estimate of drug-likeness (QED) is 0.0397. The van der Waals surface area contributed by atoms with Gasteiger partial charge in [0.2, 0.25) is 17.7 Å². The van der Waals surface area contributed by atoms with E-state index in [0.29, 0.717) is 51.7 Å². The Morgan fingerprint density at radius 2 is 1.06 bits per heavy atom. The lowest BCUT2D eigenvalue weighted by molar-refractivity contribution is -0.144. The number of carboxylic acid groups (broad SMARTS) is 3. The van der Waals surface area contributed by atoms with Crippen LogP contribution in [-0.4, -0.2) is 144 Å². The molecule has 1 rings (SSSR count). The number of hydrogen-bond acceptors (Lipinski definition) is 13. The fraction of sp³-hybridized carbons (Fsp3) is 0.776. The molecule has 0 saturated heterocycles. The van der Waals surface area contributed by atoms with Crippen LogP contribution in [0.2, 0.25) is 0 Å². The van der Waals surface area contributed by atoms with E-state index in [-0.39, 0.29) is 127 Å². The van der Waals surface area contributed by atoms with Crippen LogP contribution in [-0.2, 0) is 63.7 Å². The number of aromatic amines is 1. The van der Waals surface area contributed by atoms with Crippen LogP contribution >= 0.6 is 0 Å². The van der Waals surface area contributed by atoms with Gasteiger partial charge in [0.1, 0.15) is 30.8 Å². The van der Waals surface area contributed by atoms with Crippen molar-refractivity contribution in [1.82, 2.24) is 25.9 Å². The van der Waals surface area contributed by atoms with Crippen LogP contribution in [0.15, 0.2) is 12.5 Å². The molecule has 0 saturated carbocycles. The predicted molar refractivity (Wildman–Crippen MR) is 255 cm³/mol. The summed E-state index contributed by atoms with van der Waals surface area (Å²) in [6, 6.07) is -1.11. The molecule has 7 N–H and O–H groups in total. The fourth-order valence-electron chi connectivity index (χ4n) is 7.27. The summed E-state index contributed by atoms with van der Waals surface area (Å²) >= 11 is 0. The van der Waals surface area contributed by atoms with Crippen molar-refractivity contribution in [2.75, 3.05) is 65.9 Å². The number of imidazole rings is 1. The molecule has 0 aromatic carbocycles. The van der Waals surface area contributed by atoms with Crippen LogP contribution < -0.4 is 16.0 Å². The van der Waals surface area contributed by atoms with Gasteiger partial charge in [-0.2, -0.15) is 0 Å². The average molecular weight is 982 g/mol. The van der Waals surface area contributed by atoms with E-state index in [9.17, 15) is 48.6 Å². The highest BCUT2D eigenvalue weighted by Crippen LogP contribution is 2.16. The number of hydrogen-bond donors (Lipinski definition) is 7. The minimum absolute atomic E-state index is 0.0243. The minimum atomic E-state index is -1.16. The number of aromatic nitrogens is 2. The van der Waals surface area contributed by atoms with Crippen LogP contribution in [0.4, 0.5) is 0 Å². The maximum absolute atomic E-state index is 12.4. The Labute approximate surface area is 407 Å². The zero-order chi connectivity index (χ0) is 50.6. The predicted octanol–water partition coefficient (Wildman–Crippen LogP) is 5.50. The van der Waals surface area contributed by atoms with Crippen molar-refractivity contribution >= 4 is 47.2 Å². The SMILES string of the molecule is O=C(O)CCCCCCCCCCCCCCCCC(=O)N[C@@H](CCC(=O)CCCOCCOCC(=O)NCCOCCOCC(=O)NCCCC[C@H](CC(=O)CCc1cnc[nH]1)C(=O)O)C(=O)O. The van der Waals surface area contributed by atoms with Crippen molar-refractivity contribution < 1.29 is 72.6 Å². The summed E-state index contributed by atoms with van der Waals surface area (Å²) in [5, 5.41) is 35.6. The summed E-state index contributed by atoms with van der Waals surface area (Å²) in [5.41, 5.74) is 0.823. The lowest BCUT2D eigenvalue weighted by atomic mass is 9.94. The molecule has 1 aromatic heterocycles. The number of ketones is 2. The van der Waals surface area contributed by atoms with Crippen molar-refractivity contribution in [2.24, 2.45) is 5.92 Å². The van der Waals surface area contributed by atoms with Crippen LogP contribution in [0.3, 0.4) is 0 Å². The maximum Gasteiger partial charge on any atom is 0.326 e. The van der Waals surface area contributed by atoms with E-state index in [1.807, 2.05) is 0 Å². The number of nitrogens with one attached hydrogen (secondary N) is 4. The van der Waals surface area contributed by atoms with Gasteiger partial charge < -0.3 is 55.2 Å².